The number of nitrogens with two attached hydrogens (primary N) is 1. The van der Waals surface area contributed by atoms with Crippen molar-refractivity contribution < 1.29 is 40.3 Å². The van der Waals surface area contributed by atoms with Gasteiger partial charge in [-0.3, -0.25) is 5.73 Å². The minimum atomic E-state index is -6.61. The van der Waals surface area contributed by atoms with Crippen LogP contribution in [0.25, 0.3) is 0 Å². The van der Waals surface area contributed by atoms with Crippen LogP contribution in [0, 0.1) is 0 Å². The number of rotatable bonds is 6. The molecule has 0 saturated heterocycles. The van der Waals surface area contributed by atoms with Crippen LogP contribution >= 0.6 is 11.6 Å². The van der Waals surface area contributed by atoms with Crippen LogP contribution in [0.2, 0.25) is 0 Å². The van der Waals surface area contributed by atoms with E-state index in [2.05, 4.69) is 4.74 Å². The minimum Gasteiger partial charge on any atom is -0.442 e. The zero-order valence-electron chi connectivity index (χ0n) is 9.99. The van der Waals surface area contributed by atoms with Crippen LogP contribution in [0.15, 0.2) is 0 Å². The lowest BCUT2D eigenvalue weighted by atomic mass is 10.1. The fourth-order valence-corrected chi connectivity index (χ4v) is 1.16. The Morgan fingerprint density at radius 3 is 2.00 bits per heavy atom. The van der Waals surface area contributed by atoms with Crippen LogP contribution in [-0.4, -0.2) is 35.6 Å². The molecule has 20 heavy (non-hydrogen) atoms. The zero-order valence-corrected chi connectivity index (χ0v) is 10.7. The topological polar surface area (TPSA) is 52.3 Å². The van der Waals surface area contributed by atoms with E-state index in [9.17, 15) is 35.5 Å². The molecule has 3 nitrogen and oxygen atoms in total. The van der Waals surface area contributed by atoms with Gasteiger partial charge in [-0.15, -0.1) is 11.6 Å². The molecule has 0 aliphatic heterocycles. The Hall–Kier alpha value is -0.770. The van der Waals surface area contributed by atoms with Gasteiger partial charge in [-0.1, -0.05) is 6.92 Å². The number of hydrogen-bond donors (Lipinski definition) is 1. The SMILES string of the molecule is CCC(Cl)CC(N)OC(=O)C(F)(F)C(F)(F)C(F)(F)F. The van der Waals surface area contributed by atoms with Crippen LogP contribution in [0.5, 0.6) is 0 Å². The van der Waals surface area contributed by atoms with Crippen molar-refractivity contribution in [3.63, 3.8) is 0 Å². The van der Waals surface area contributed by atoms with Crippen molar-refractivity contribution in [2.75, 3.05) is 0 Å². The fraction of sp³-hybridized carbons (Fsp3) is 0.889. The number of hydrogen-bond acceptors (Lipinski definition) is 3. The Morgan fingerprint density at radius 2 is 1.65 bits per heavy atom. The second kappa shape index (κ2) is 6.33. The molecular weight excluding hydrogens is 323 g/mol. The van der Waals surface area contributed by atoms with Crippen LogP contribution in [0.3, 0.4) is 0 Å². The monoisotopic (exact) mass is 333 g/mol. The molecule has 0 amide bonds. The lowest BCUT2D eigenvalue weighted by Crippen LogP contribution is -2.57. The first-order chi connectivity index (χ1) is 8.77. The van der Waals surface area contributed by atoms with Gasteiger partial charge in [0.15, 0.2) is 6.23 Å². The predicted molar refractivity (Wildman–Crippen MR) is 54.6 cm³/mol. The first-order valence-electron chi connectivity index (χ1n) is 5.20. The number of alkyl halides is 8. The molecular formula is C9H11ClF7NO2. The van der Waals surface area contributed by atoms with E-state index in [0.717, 1.165) is 0 Å². The second-order valence-corrected chi connectivity index (χ2v) is 4.45. The van der Waals surface area contributed by atoms with Crippen molar-refractivity contribution in [3.05, 3.63) is 0 Å². The average molecular weight is 334 g/mol. The van der Waals surface area contributed by atoms with E-state index in [-0.39, 0.29) is 6.42 Å². The summed E-state index contributed by atoms with van der Waals surface area (Å²) in [6, 6.07) is 0. The average Bonchev–Trinajstić information content (AvgIpc) is 2.26. The summed E-state index contributed by atoms with van der Waals surface area (Å²) in [6.07, 6.45) is -8.52. The highest BCUT2D eigenvalue weighted by atomic mass is 35.5. The van der Waals surface area contributed by atoms with Gasteiger partial charge in [0.05, 0.1) is 0 Å². The van der Waals surface area contributed by atoms with Crippen molar-refractivity contribution in [2.24, 2.45) is 5.73 Å². The molecule has 0 aromatic rings. The molecule has 0 aromatic heterocycles. The number of ether oxygens (including phenoxy) is 1. The standard InChI is InChI=1S/C9H11ClF7NO2/c1-2-4(10)3-5(18)20-6(19)7(11,12)8(13,14)9(15,16)17/h4-5H,2-3,18H2,1H3. The van der Waals surface area contributed by atoms with Gasteiger partial charge in [-0.25, -0.2) is 4.79 Å². The third-order valence-corrected chi connectivity index (χ3v) is 2.68. The Labute approximate surface area is 114 Å². The molecule has 11 heteroatoms. The quantitative estimate of drug-likeness (QED) is 0.352. The van der Waals surface area contributed by atoms with Gasteiger partial charge in [0.25, 0.3) is 0 Å². The summed E-state index contributed by atoms with van der Waals surface area (Å²) < 4.78 is 89.8. The van der Waals surface area contributed by atoms with E-state index in [1.807, 2.05) is 0 Å². The summed E-state index contributed by atoms with van der Waals surface area (Å²) in [7, 11) is 0. The van der Waals surface area contributed by atoms with Crippen molar-refractivity contribution in [3.8, 4) is 0 Å². The predicted octanol–water partition coefficient (Wildman–Crippen LogP) is 3.05. The molecule has 0 aliphatic rings. The van der Waals surface area contributed by atoms with Crippen molar-refractivity contribution in [2.45, 2.75) is 49.4 Å². The lowest BCUT2D eigenvalue weighted by molar-refractivity contribution is -0.349. The van der Waals surface area contributed by atoms with Gasteiger partial charge < -0.3 is 4.74 Å². The third-order valence-electron chi connectivity index (χ3n) is 2.20. The van der Waals surface area contributed by atoms with Crippen molar-refractivity contribution >= 4 is 17.6 Å². The van der Waals surface area contributed by atoms with E-state index in [1.54, 1.807) is 6.92 Å². The lowest BCUT2D eigenvalue weighted by Gasteiger charge is -2.27. The van der Waals surface area contributed by atoms with E-state index in [4.69, 9.17) is 17.3 Å². The molecule has 0 aliphatic carbocycles. The molecule has 2 unspecified atom stereocenters. The maximum absolute atomic E-state index is 12.8. The Bertz CT molecular complexity index is 348. The number of carbonyl (C=O) groups is 1. The van der Waals surface area contributed by atoms with Gasteiger partial charge in [-0.2, -0.15) is 30.7 Å². The maximum Gasteiger partial charge on any atom is 0.460 e. The van der Waals surface area contributed by atoms with Gasteiger partial charge in [-0.05, 0) is 6.42 Å². The Balaban J connectivity index is 4.92. The number of esters is 1. The molecule has 0 radical (unpaired) electrons. The first kappa shape index (κ1) is 19.2. The normalized spacial score (nSPS) is 16.7. The molecule has 0 rings (SSSR count). The number of halogens is 8. The highest BCUT2D eigenvalue weighted by molar-refractivity contribution is 6.20. The number of carbonyl (C=O) groups excluding carboxylic acids is 1. The molecule has 2 atom stereocenters. The molecule has 0 heterocycles. The minimum absolute atomic E-state index is 0.294. The highest BCUT2D eigenvalue weighted by Gasteiger charge is 2.77. The molecule has 0 fully saturated rings. The largest absolute Gasteiger partial charge is 0.460 e. The van der Waals surface area contributed by atoms with Gasteiger partial charge in [0, 0.05) is 11.8 Å². The summed E-state index contributed by atoms with van der Waals surface area (Å²) in [5.74, 6) is -15.7. The molecule has 0 saturated carbocycles. The van der Waals surface area contributed by atoms with Crippen LogP contribution < -0.4 is 5.73 Å². The summed E-state index contributed by atoms with van der Waals surface area (Å²) in [5.41, 5.74) is 5.01. The smallest absolute Gasteiger partial charge is 0.442 e. The summed E-state index contributed by atoms with van der Waals surface area (Å²) in [5, 5.41) is -0.713. The molecule has 120 valence electrons. The third kappa shape index (κ3) is 4.11. The molecule has 2 N–H and O–H groups in total. The van der Waals surface area contributed by atoms with Crippen molar-refractivity contribution in [1.29, 1.82) is 0 Å². The van der Waals surface area contributed by atoms with Crippen LogP contribution in [-0.2, 0) is 9.53 Å². The van der Waals surface area contributed by atoms with Gasteiger partial charge in [0.1, 0.15) is 0 Å². The van der Waals surface area contributed by atoms with E-state index in [0.29, 0.717) is 6.42 Å². The van der Waals surface area contributed by atoms with E-state index < -0.39 is 35.6 Å². The van der Waals surface area contributed by atoms with Crippen LogP contribution in [0.4, 0.5) is 30.7 Å². The van der Waals surface area contributed by atoms with E-state index in [1.165, 1.54) is 0 Å². The fourth-order valence-electron chi connectivity index (χ4n) is 0.985. The Kier molecular flexibility index (Phi) is 6.09. The maximum atomic E-state index is 12.8. The van der Waals surface area contributed by atoms with Gasteiger partial charge in [0.2, 0.25) is 0 Å². The summed E-state index contributed by atoms with van der Waals surface area (Å²) in [6.45, 7) is 1.57. The second-order valence-electron chi connectivity index (χ2n) is 3.83. The zero-order chi connectivity index (χ0) is 16.4. The van der Waals surface area contributed by atoms with Crippen LogP contribution in [0.1, 0.15) is 19.8 Å². The van der Waals surface area contributed by atoms with Gasteiger partial charge >= 0.3 is 24.0 Å². The molecule has 0 spiro atoms. The Morgan fingerprint density at radius 1 is 1.20 bits per heavy atom. The first-order valence-corrected chi connectivity index (χ1v) is 5.64. The van der Waals surface area contributed by atoms with Crippen molar-refractivity contribution in [1.82, 2.24) is 0 Å². The molecule has 0 bridgehead atoms. The summed E-state index contributed by atoms with van der Waals surface area (Å²) in [4.78, 5) is 10.8. The highest BCUT2D eigenvalue weighted by Crippen LogP contribution is 2.47. The molecule has 0 aromatic carbocycles. The summed E-state index contributed by atoms with van der Waals surface area (Å²) >= 11 is 5.53. The van der Waals surface area contributed by atoms with E-state index >= 15 is 0 Å².